The molecule has 1 amide bonds. The van der Waals surface area contributed by atoms with Crippen LogP contribution in [0.5, 0.6) is 5.88 Å². The molecule has 1 aromatic carbocycles. The molecule has 14 heteroatoms. The first-order chi connectivity index (χ1) is 16.9. The zero-order valence-corrected chi connectivity index (χ0v) is 24.4. The number of nitrogens with one attached hydrogen (secondary N) is 1. The minimum atomic E-state index is -4.45. The number of ether oxygens (including phenoxy) is 1. The maximum Gasteiger partial charge on any atom is 0.397 e. The second-order valence-corrected chi connectivity index (χ2v) is 22.5. The number of carbonyl (C=O) groups excluding carboxylic acids is 1. The Balaban J connectivity index is 1.78. The summed E-state index contributed by atoms with van der Waals surface area (Å²) in [5.74, 6) is 5.24. The van der Waals surface area contributed by atoms with E-state index in [1.54, 1.807) is 18.2 Å². The van der Waals surface area contributed by atoms with Gasteiger partial charge in [0.1, 0.15) is 6.61 Å². The molecule has 1 N–H and O–H groups in total. The second kappa shape index (κ2) is 10.3. The van der Waals surface area contributed by atoms with Crippen LogP contribution < -0.4 is 13.9 Å². The number of benzene rings is 1. The number of alkyl halides is 3. The van der Waals surface area contributed by atoms with Crippen LogP contribution in [0.25, 0.3) is 5.82 Å². The van der Waals surface area contributed by atoms with Gasteiger partial charge in [0.15, 0.2) is 0 Å². The van der Waals surface area contributed by atoms with Crippen molar-refractivity contribution in [3.63, 3.8) is 0 Å². The molecule has 8 nitrogen and oxygen atoms in total. The summed E-state index contributed by atoms with van der Waals surface area (Å²) >= 11 is 3.59. The van der Waals surface area contributed by atoms with Gasteiger partial charge >= 0.3 is 177 Å². The third kappa shape index (κ3) is 6.65. The average molecular weight is 620 g/mol. The molecule has 0 aliphatic rings. The van der Waals surface area contributed by atoms with Crippen LogP contribution in [0.4, 0.5) is 13.2 Å². The molecule has 0 saturated heterocycles. The molecular formula is C23H26ClF3GeN4O4S. The molecule has 0 aliphatic heterocycles. The van der Waals surface area contributed by atoms with E-state index >= 15 is 0 Å². The molecule has 0 spiro atoms. The van der Waals surface area contributed by atoms with E-state index in [-0.39, 0.29) is 27.3 Å². The Bertz CT molecular complexity index is 1420. The maximum atomic E-state index is 13.0. The van der Waals surface area contributed by atoms with E-state index in [4.69, 9.17) is 16.3 Å². The van der Waals surface area contributed by atoms with E-state index in [0.29, 0.717) is 0 Å². The Labute approximate surface area is 220 Å². The molecule has 2 heterocycles. The van der Waals surface area contributed by atoms with E-state index in [2.05, 4.69) is 14.8 Å². The Morgan fingerprint density at radius 3 is 2.35 bits per heavy atom. The molecule has 37 heavy (non-hydrogen) atoms. The molecule has 0 saturated carbocycles. The van der Waals surface area contributed by atoms with Gasteiger partial charge in [-0.3, -0.25) is 0 Å². The van der Waals surface area contributed by atoms with Gasteiger partial charge in [-0.25, -0.2) is 0 Å². The number of aromatic nitrogens is 3. The van der Waals surface area contributed by atoms with Crippen LogP contribution in [-0.4, -0.2) is 55.1 Å². The summed E-state index contributed by atoms with van der Waals surface area (Å²) in [4.78, 5) is 16.9. The van der Waals surface area contributed by atoms with Gasteiger partial charge in [-0.05, 0) is 13.8 Å². The van der Waals surface area contributed by atoms with Crippen LogP contribution in [0, 0.1) is 5.41 Å². The van der Waals surface area contributed by atoms with Crippen molar-refractivity contribution in [1.82, 2.24) is 19.5 Å². The molecule has 0 bridgehead atoms. The molecule has 3 aromatic rings. The first-order valence-electron chi connectivity index (χ1n) is 11.0. The normalized spacial score (nSPS) is 12.9. The predicted octanol–water partition coefficient (Wildman–Crippen LogP) is 4.55. The molecule has 2 aromatic heterocycles. The van der Waals surface area contributed by atoms with Crippen LogP contribution in [0.15, 0.2) is 53.6 Å². The fraction of sp³-hybridized carbons (Fsp3) is 0.348. The van der Waals surface area contributed by atoms with Crippen molar-refractivity contribution in [2.75, 3.05) is 6.61 Å². The van der Waals surface area contributed by atoms with Gasteiger partial charge in [0, 0.05) is 0 Å². The summed E-state index contributed by atoms with van der Waals surface area (Å²) in [6.45, 7) is 1.39. The van der Waals surface area contributed by atoms with E-state index in [1.807, 2.05) is 17.3 Å². The van der Waals surface area contributed by atoms with Gasteiger partial charge in [-0.2, -0.15) is 13.2 Å². The fourth-order valence-electron chi connectivity index (χ4n) is 3.12. The summed E-state index contributed by atoms with van der Waals surface area (Å²) in [7, 11) is -4.18. The zero-order chi connectivity index (χ0) is 27.8. The fourth-order valence-corrected chi connectivity index (χ4v) is 9.85. The molecular weight excluding hydrogens is 593 g/mol. The summed E-state index contributed by atoms with van der Waals surface area (Å²) in [6, 6.07) is 10.6. The van der Waals surface area contributed by atoms with Crippen LogP contribution >= 0.6 is 11.6 Å². The van der Waals surface area contributed by atoms with Crippen molar-refractivity contribution >= 4 is 45.2 Å². The molecule has 0 atom stereocenters. The maximum absolute atomic E-state index is 13.0. The third-order valence-corrected chi connectivity index (χ3v) is 11.8. The Hall–Kier alpha value is -2.58. The Kier molecular flexibility index (Phi) is 8.06. The van der Waals surface area contributed by atoms with Gasteiger partial charge in [0.2, 0.25) is 0 Å². The number of hydrogen-bond acceptors (Lipinski definition) is 6. The number of hydrogen-bond donors (Lipinski definition) is 1. The van der Waals surface area contributed by atoms with E-state index in [9.17, 15) is 26.4 Å². The third-order valence-electron chi connectivity index (χ3n) is 5.44. The predicted molar refractivity (Wildman–Crippen MR) is 136 cm³/mol. The van der Waals surface area contributed by atoms with Crippen LogP contribution in [0.1, 0.15) is 24.2 Å². The molecule has 0 fully saturated rings. The van der Waals surface area contributed by atoms with Crippen molar-refractivity contribution in [3.05, 3.63) is 59.4 Å². The standard InChI is InChI=1S/C23H26ClF3GeN4O4S/c1-22(2,23(25,26)27)14-36-19-12-13-32(30-19)18-11-10-15(20(24)29-18)21(33)31-37(34,35)17-9-7-6-8-16(17)28(3,4)5/h6-13H,14H2,1-5H3,(H,31,33). The number of amides is 1. The van der Waals surface area contributed by atoms with Crippen molar-refractivity contribution in [2.45, 2.75) is 42.2 Å². The summed E-state index contributed by atoms with van der Waals surface area (Å²) < 4.78 is 74.3. The van der Waals surface area contributed by atoms with Gasteiger partial charge in [0.05, 0.1) is 5.41 Å². The Morgan fingerprint density at radius 1 is 1.11 bits per heavy atom. The SMILES string of the molecule is CC(C)(COc1ccn(-c2ccc(C(=O)NS(=O)(=O)c3cccc[c]3[Ge]([CH3])([CH3])[CH3])c(Cl)n2)n1)C(F)(F)F. The van der Waals surface area contributed by atoms with Gasteiger partial charge in [0.25, 0.3) is 0 Å². The number of halogens is 4. The van der Waals surface area contributed by atoms with Crippen LogP contribution in [0.2, 0.25) is 22.4 Å². The molecule has 0 unspecified atom stereocenters. The Morgan fingerprint density at radius 2 is 1.76 bits per heavy atom. The quantitative estimate of drug-likeness (QED) is 0.293. The summed E-state index contributed by atoms with van der Waals surface area (Å²) in [5.41, 5.74) is -2.26. The first kappa shape index (κ1) is 29.0. The molecule has 3 rings (SSSR count). The summed E-state index contributed by atoms with van der Waals surface area (Å²) in [5, 5.41) is 3.74. The topological polar surface area (TPSA) is 103 Å². The van der Waals surface area contributed by atoms with Gasteiger partial charge in [-0.1, -0.05) is 0 Å². The second-order valence-electron chi connectivity index (χ2n) is 9.96. The first-order valence-corrected chi connectivity index (χ1v) is 20.2. The molecule has 0 aliphatic carbocycles. The minimum Gasteiger partial charge on any atom is -0.170 e. The number of nitrogens with zero attached hydrogens (tertiary/aromatic N) is 3. The van der Waals surface area contributed by atoms with Crippen molar-refractivity contribution < 1.29 is 31.1 Å². The summed E-state index contributed by atoms with van der Waals surface area (Å²) in [6.07, 6.45) is -3.06. The minimum absolute atomic E-state index is 0.0503. The van der Waals surface area contributed by atoms with Crippen molar-refractivity contribution in [1.29, 1.82) is 0 Å². The number of pyridine rings is 1. The van der Waals surface area contributed by atoms with Gasteiger partial charge < -0.3 is 4.74 Å². The van der Waals surface area contributed by atoms with Crippen molar-refractivity contribution in [2.24, 2.45) is 5.41 Å². The smallest absolute Gasteiger partial charge is 0.170 e. The van der Waals surface area contributed by atoms with Crippen molar-refractivity contribution in [3.8, 4) is 11.7 Å². The molecule has 0 radical (unpaired) electrons. The average Bonchev–Trinajstić information content (AvgIpc) is 3.25. The van der Waals surface area contributed by atoms with E-state index in [1.165, 1.54) is 35.1 Å². The van der Waals surface area contributed by atoms with Gasteiger partial charge in [-0.15, -0.1) is 0 Å². The van der Waals surface area contributed by atoms with E-state index < -0.39 is 47.4 Å². The van der Waals surface area contributed by atoms with Crippen LogP contribution in [-0.2, 0) is 10.0 Å². The van der Waals surface area contributed by atoms with E-state index in [0.717, 1.165) is 18.2 Å². The number of sulfonamides is 1. The number of rotatable bonds is 8. The largest absolute Gasteiger partial charge is 0.397 e. The number of carbonyl (C=O) groups is 1. The van der Waals surface area contributed by atoms with Crippen LogP contribution in [0.3, 0.4) is 0 Å². The molecule has 200 valence electrons. The monoisotopic (exact) mass is 620 g/mol. The zero-order valence-electron chi connectivity index (χ0n) is 20.7.